The summed E-state index contributed by atoms with van der Waals surface area (Å²) in [5.74, 6) is 0.690. The number of carbonyl (C=O) groups excluding carboxylic acids is 2. The zero-order valence-electron chi connectivity index (χ0n) is 12.2. The molecule has 1 aliphatic rings. The topological polar surface area (TPSA) is 89.6 Å². The zero-order chi connectivity index (χ0) is 15.1. The highest BCUT2D eigenvalue weighted by atomic mass is 32.2. The Morgan fingerprint density at radius 3 is 2.70 bits per heavy atom. The minimum atomic E-state index is -0.968. The molecule has 1 fully saturated rings. The average Bonchev–Trinajstić information content (AvgIpc) is 2.38. The molecular weight excluding hydrogens is 277 g/mol. The molecule has 0 radical (unpaired) electrons. The van der Waals surface area contributed by atoms with Crippen molar-refractivity contribution in [3.63, 3.8) is 0 Å². The molecule has 3 N–H and O–H groups in total. The van der Waals surface area contributed by atoms with Crippen LogP contribution in [-0.4, -0.2) is 47.9 Å². The lowest BCUT2D eigenvalue weighted by Gasteiger charge is -2.30. The lowest BCUT2D eigenvalue weighted by molar-refractivity contribution is -0.121. The van der Waals surface area contributed by atoms with E-state index in [1.807, 2.05) is 6.26 Å². The van der Waals surface area contributed by atoms with Crippen molar-refractivity contribution < 1.29 is 19.3 Å². The van der Waals surface area contributed by atoms with E-state index < -0.39 is 13.2 Å². The fourth-order valence-electron chi connectivity index (χ4n) is 2.41. The van der Waals surface area contributed by atoms with Crippen LogP contribution in [0.15, 0.2) is 0 Å². The first-order valence-electron chi connectivity index (χ1n) is 7.04. The van der Waals surface area contributed by atoms with Gasteiger partial charge in [0, 0.05) is 24.8 Å². The number of Topliss-reactive ketones (excluding diaryl/α,β-unsaturated/α-hetero) is 2. The molecule has 5 nitrogen and oxygen atoms in total. The molecule has 1 unspecified atom stereocenters. The van der Waals surface area contributed by atoms with E-state index in [9.17, 15) is 14.6 Å². The molecule has 0 bridgehead atoms. The van der Waals surface area contributed by atoms with Crippen LogP contribution in [0.2, 0.25) is 5.82 Å². The molecule has 1 aliphatic heterocycles. The van der Waals surface area contributed by atoms with E-state index in [0.29, 0.717) is 25.7 Å². The second-order valence-corrected chi connectivity index (χ2v) is 6.44. The number of hydrogen-bond donors (Lipinski definition) is 2. The molecule has 0 aliphatic carbocycles. The highest BCUT2D eigenvalue weighted by Crippen LogP contribution is 2.31. The Hall–Kier alpha value is -0.365. The Balaban J connectivity index is 2.38. The molecule has 0 aromatic carbocycles. The van der Waals surface area contributed by atoms with E-state index in [0.717, 1.165) is 5.75 Å². The fourth-order valence-corrected chi connectivity index (χ4v) is 2.90. The van der Waals surface area contributed by atoms with Gasteiger partial charge in [-0.3, -0.25) is 9.59 Å². The smallest absolute Gasteiger partial charge is 0.427 e. The predicted octanol–water partition coefficient (Wildman–Crippen LogP) is 1.03. The van der Waals surface area contributed by atoms with Crippen molar-refractivity contribution in [2.45, 2.75) is 57.0 Å². The van der Waals surface area contributed by atoms with Crippen LogP contribution in [0, 0.1) is 0 Å². The first-order valence-corrected chi connectivity index (χ1v) is 8.43. The summed E-state index contributed by atoms with van der Waals surface area (Å²) in [6.07, 6.45) is 4.39. The van der Waals surface area contributed by atoms with Gasteiger partial charge in [0.25, 0.3) is 0 Å². The summed E-state index contributed by atoms with van der Waals surface area (Å²) in [7, 11) is -0.968. The lowest BCUT2D eigenvalue weighted by Crippen LogP contribution is -2.40. The van der Waals surface area contributed by atoms with Crippen molar-refractivity contribution >= 4 is 30.4 Å². The van der Waals surface area contributed by atoms with Gasteiger partial charge in [-0.05, 0) is 38.2 Å². The molecule has 3 atom stereocenters. The third kappa shape index (κ3) is 5.95. The number of hydrogen-bond acceptors (Lipinski definition) is 6. The SMILES string of the molecule is CSCCC(N)C(=O)C[C@H]1CC[C@@H](CC(C)=O)OB1O. The van der Waals surface area contributed by atoms with Crippen LogP contribution in [0.4, 0.5) is 0 Å². The number of rotatable bonds is 8. The summed E-state index contributed by atoms with van der Waals surface area (Å²) in [5, 5.41) is 9.93. The summed E-state index contributed by atoms with van der Waals surface area (Å²) in [5.41, 5.74) is 5.83. The van der Waals surface area contributed by atoms with E-state index in [1.54, 1.807) is 11.8 Å². The van der Waals surface area contributed by atoms with Gasteiger partial charge in [-0.2, -0.15) is 11.8 Å². The van der Waals surface area contributed by atoms with Crippen molar-refractivity contribution in [1.29, 1.82) is 0 Å². The number of ketones is 2. The highest BCUT2D eigenvalue weighted by Gasteiger charge is 2.36. The third-order valence-corrected chi connectivity index (χ3v) is 4.26. The van der Waals surface area contributed by atoms with E-state index >= 15 is 0 Å². The Kier molecular flexibility index (Phi) is 7.80. The number of nitrogens with two attached hydrogens (primary N) is 1. The van der Waals surface area contributed by atoms with E-state index in [-0.39, 0.29) is 29.9 Å². The third-order valence-electron chi connectivity index (χ3n) is 3.62. The largest absolute Gasteiger partial charge is 0.458 e. The Morgan fingerprint density at radius 2 is 2.15 bits per heavy atom. The predicted molar refractivity (Wildman–Crippen MR) is 81.7 cm³/mol. The van der Waals surface area contributed by atoms with Gasteiger partial charge in [0.1, 0.15) is 11.6 Å². The van der Waals surface area contributed by atoms with Crippen LogP contribution < -0.4 is 5.73 Å². The minimum Gasteiger partial charge on any atom is -0.427 e. The molecule has 0 spiro atoms. The maximum absolute atomic E-state index is 12.0. The maximum Gasteiger partial charge on any atom is 0.458 e. The molecule has 1 heterocycles. The molecular formula is C13H24BNO4S. The second-order valence-electron chi connectivity index (χ2n) is 5.45. The van der Waals surface area contributed by atoms with Gasteiger partial charge < -0.3 is 15.4 Å². The van der Waals surface area contributed by atoms with Gasteiger partial charge >= 0.3 is 7.12 Å². The molecule has 1 rings (SSSR count). The van der Waals surface area contributed by atoms with E-state index in [2.05, 4.69) is 0 Å². The van der Waals surface area contributed by atoms with Gasteiger partial charge in [0.05, 0.1) is 6.04 Å². The van der Waals surface area contributed by atoms with Gasteiger partial charge in [-0.1, -0.05) is 0 Å². The van der Waals surface area contributed by atoms with Gasteiger partial charge in [0.2, 0.25) is 0 Å². The average molecular weight is 301 g/mol. The lowest BCUT2D eigenvalue weighted by atomic mass is 9.64. The molecule has 20 heavy (non-hydrogen) atoms. The van der Waals surface area contributed by atoms with Crippen molar-refractivity contribution in [3.8, 4) is 0 Å². The number of thioether (sulfide) groups is 1. The maximum atomic E-state index is 12.0. The van der Waals surface area contributed by atoms with Crippen molar-refractivity contribution in [1.82, 2.24) is 0 Å². The quantitative estimate of drug-likeness (QED) is 0.651. The van der Waals surface area contributed by atoms with Crippen LogP contribution in [0.3, 0.4) is 0 Å². The minimum absolute atomic E-state index is 0.0169. The van der Waals surface area contributed by atoms with E-state index in [1.165, 1.54) is 6.92 Å². The van der Waals surface area contributed by atoms with Crippen LogP contribution >= 0.6 is 11.8 Å². The zero-order valence-corrected chi connectivity index (χ0v) is 13.0. The van der Waals surface area contributed by atoms with Gasteiger partial charge in [-0.25, -0.2) is 0 Å². The first kappa shape index (κ1) is 17.7. The Labute approximate surface area is 125 Å². The summed E-state index contributed by atoms with van der Waals surface area (Å²) in [4.78, 5) is 23.0. The second kappa shape index (κ2) is 8.82. The molecule has 0 aromatic heterocycles. The van der Waals surface area contributed by atoms with Crippen LogP contribution in [0.25, 0.3) is 0 Å². The Morgan fingerprint density at radius 1 is 1.45 bits per heavy atom. The van der Waals surface area contributed by atoms with Crippen LogP contribution in [0.1, 0.15) is 39.0 Å². The molecule has 0 amide bonds. The Bertz CT molecular complexity index is 342. The monoisotopic (exact) mass is 301 g/mol. The molecule has 7 heteroatoms. The standard InChI is InChI=1S/C13H24BNO4S/c1-9(16)7-11-4-3-10(14(18)19-11)8-13(17)12(15)5-6-20-2/h10-12,18H,3-8,15H2,1-2H3/t10-,11+,12?/m1/s1. The molecule has 1 saturated heterocycles. The summed E-state index contributed by atoms with van der Waals surface area (Å²) in [6, 6.07) is -0.454. The van der Waals surface area contributed by atoms with Gasteiger partial charge in [0.15, 0.2) is 0 Å². The fraction of sp³-hybridized carbons (Fsp3) is 0.846. The number of carbonyl (C=O) groups is 2. The van der Waals surface area contributed by atoms with Crippen molar-refractivity contribution in [3.05, 3.63) is 0 Å². The molecule has 0 saturated carbocycles. The van der Waals surface area contributed by atoms with Crippen LogP contribution in [-0.2, 0) is 14.2 Å². The summed E-state index contributed by atoms with van der Waals surface area (Å²) >= 11 is 1.66. The molecule has 0 aromatic rings. The summed E-state index contributed by atoms with van der Waals surface area (Å²) < 4.78 is 5.41. The first-order chi connectivity index (χ1) is 9.43. The van der Waals surface area contributed by atoms with Crippen LogP contribution in [0.5, 0.6) is 0 Å². The highest BCUT2D eigenvalue weighted by molar-refractivity contribution is 7.98. The van der Waals surface area contributed by atoms with Gasteiger partial charge in [-0.15, -0.1) is 0 Å². The van der Waals surface area contributed by atoms with E-state index in [4.69, 9.17) is 10.4 Å². The normalized spacial score (nSPS) is 24.5. The molecule has 114 valence electrons. The van der Waals surface area contributed by atoms with Crippen molar-refractivity contribution in [2.75, 3.05) is 12.0 Å². The van der Waals surface area contributed by atoms with Crippen molar-refractivity contribution in [2.24, 2.45) is 5.73 Å². The summed E-state index contributed by atoms with van der Waals surface area (Å²) in [6.45, 7) is 1.51.